The maximum Gasteiger partial charge on any atom is 0.179 e. The third-order valence-corrected chi connectivity index (χ3v) is 5.11. The lowest BCUT2D eigenvalue weighted by Gasteiger charge is -2.35. The molecule has 0 aromatic heterocycles. The molecule has 2 aliphatic rings. The minimum atomic E-state index is 0.633. The zero-order valence-electron chi connectivity index (χ0n) is 12.7. The third-order valence-electron chi connectivity index (χ3n) is 4.70. The number of nitrogens with zero attached hydrogens (tertiary/aromatic N) is 1. The van der Waals surface area contributed by atoms with Gasteiger partial charge in [0.15, 0.2) is 11.5 Å². The van der Waals surface area contributed by atoms with Crippen LogP contribution >= 0.6 is 11.6 Å². The first-order valence-corrected chi connectivity index (χ1v) is 7.95. The van der Waals surface area contributed by atoms with Gasteiger partial charge in [0.25, 0.3) is 0 Å². The zero-order valence-corrected chi connectivity index (χ0v) is 13.4. The summed E-state index contributed by atoms with van der Waals surface area (Å²) in [6.07, 6.45) is 2.52. The van der Waals surface area contributed by atoms with Crippen molar-refractivity contribution < 1.29 is 9.47 Å². The topological polar surface area (TPSA) is 33.7 Å². The summed E-state index contributed by atoms with van der Waals surface area (Å²) in [5.41, 5.74) is 1.11. The fourth-order valence-corrected chi connectivity index (χ4v) is 3.85. The molecule has 2 saturated heterocycles. The molecule has 2 fully saturated rings. The summed E-state index contributed by atoms with van der Waals surface area (Å²) in [5, 5.41) is 4.27. The molecule has 0 saturated carbocycles. The van der Waals surface area contributed by atoms with E-state index in [0.29, 0.717) is 16.5 Å². The molecule has 0 aliphatic carbocycles. The largest absolute Gasteiger partial charge is 0.493 e. The van der Waals surface area contributed by atoms with E-state index in [4.69, 9.17) is 21.1 Å². The second kappa shape index (κ2) is 6.42. The van der Waals surface area contributed by atoms with Crippen LogP contribution in [-0.4, -0.2) is 44.8 Å². The van der Waals surface area contributed by atoms with Gasteiger partial charge in [0.1, 0.15) is 0 Å². The van der Waals surface area contributed by atoms with Crippen molar-refractivity contribution in [3.8, 4) is 11.5 Å². The van der Waals surface area contributed by atoms with Gasteiger partial charge >= 0.3 is 0 Å². The molecule has 2 heterocycles. The molecule has 5 heteroatoms. The second-order valence-corrected chi connectivity index (χ2v) is 6.29. The van der Waals surface area contributed by atoms with Crippen molar-refractivity contribution in [3.05, 3.63) is 22.7 Å². The maximum atomic E-state index is 6.48. The molecule has 2 atom stereocenters. The van der Waals surface area contributed by atoms with E-state index in [0.717, 1.165) is 37.2 Å². The maximum absolute atomic E-state index is 6.48. The van der Waals surface area contributed by atoms with Crippen LogP contribution in [0.3, 0.4) is 0 Å². The number of piperidine rings is 1. The third kappa shape index (κ3) is 2.98. The lowest BCUT2D eigenvalue weighted by atomic mass is 9.93. The van der Waals surface area contributed by atoms with Crippen LogP contribution in [0.1, 0.15) is 18.4 Å². The molecule has 116 valence electrons. The smallest absolute Gasteiger partial charge is 0.179 e. The van der Waals surface area contributed by atoms with Crippen LogP contribution in [0.5, 0.6) is 11.5 Å². The molecular formula is C16H23ClN2O2. The fraction of sp³-hybridized carbons (Fsp3) is 0.625. The van der Waals surface area contributed by atoms with E-state index in [1.54, 1.807) is 14.2 Å². The summed E-state index contributed by atoms with van der Waals surface area (Å²) in [4.78, 5) is 2.50. The Hall–Kier alpha value is -0.970. The average molecular weight is 311 g/mol. The molecule has 1 N–H and O–H groups in total. The van der Waals surface area contributed by atoms with Crippen LogP contribution in [0.15, 0.2) is 12.1 Å². The lowest BCUT2D eigenvalue weighted by molar-refractivity contribution is 0.156. The Balaban J connectivity index is 1.73. The van der Waals surface area contributed by atoms with Gasteiger partial charge in [-0.2, -0.15) is 0 Å². The van der Waals surface area contributed by atoms with Crippen molar-refractivity contribution in [2.24, 2.45) is 5.92 Å². The van der Waals surface area contributed by atoms with E-state index in [-0.39, 0.29) is 0 Å². The van der Waals surface area contributed by atoms with E-state index in [1.807, 2.05) is 12.1 Å². The van der Waals surface area contributed by atoms with E-state index in [9.17, 15) is 0 Å². The summed E-state index contributed by atoms with van der Waals surface area (Å²) in [6, 6.07) is 4.70. The van der Waals surface area contributed by atoms with E-state index in [1.165, 1.54) is 19.4 Å². The number of halogens is 1. The zero-order chi connectivity index (χ0) is 14.8. The number of likely N-dealkylation sites (tertiary alicyclic amines) is 1. The molecule has 0 bridgehead atoms. The highest BCUT2D eigenvalue weighted by Gasteiger charge is 2.32. The number of hydrogen-bond acceptors (Lipinski definition) is 4. The van der Waals surface area contributed by atoms with Crippen molar-refractivity contribution in [1.82, 2.24) is 10.2 Å². The van der Waals surface area contributed by atoms with Gasteiger partial charge in [-0.25, -0.2) is 0 Å². The quantitative estimate of drug-likeness (QED) is 0.926. The Labute approximate surface area is 131 Å². The molecule has 0 spiro atoms. The van der Waals surface area contributed by atoms with Crippen LogP contribution in [0.25, 0.3) is 0 Å². The first kappa shape index (κ1) is 14.9. The molecule has 2 unspecified atom stereocenters. The van der Waals surface area contributed by atoms with Gasteiger partial charge in [0.2, 0.25) is 0 Å². The molecule has 1 aromatic rings. The molecule has 21 heavy (non-hydrogen) atoms. The van der Waals surface area contributed by atoms with Crippen LogP contribution in [0.4, 0.5) is 0 Å². The first-order valence-electron chi connectivity index (χ1n) is 7.58. The highest BCUT2D eigenvalue weighted by molar-refractivity contribution is 6.33. The van der Waals surface area contributed by atoms with Crippen LogP contribution in [0.2, 0.25) is 5.02 Å². The Bertz CT molecular complexity index is 509. The Kier molecular flexibility index (Phi) is 4.57. The van der Waals surface area contributed by atoms with Crippen molar-refractivity contribution >= 4 is 11.6 Å². The predicted octanol–water partition coefficient (Wildman–Crippen LogP) is 2.54. The standard InChI is InChI=1S/C16H23ClN2O2/c1-20-14-4-3-12(15(17)16(14)21-2)10-19-8-6-13-11(9-19)5-7-18-13/h3-4,11,13,18H,5-10H2,1-2H3. The minimum Gasteiger partial charge on any atom is -0.493 e. The van der Waals surface area contributed by atoms with E-state index in [2.05, 4.69) is 10.2 Å². The molecule has 4 nitrogen and oxygen atoms in total. The summed E-state index contributed by atoms with van der Waals surface area (Å²) in [5.74, 6) is 2.11. The predicted molar refractivity (Wildman–Crippen MR) is 84.3 cm³/mol. The Morgan fingerprint density at radius 3 is 2.90 bits per heavy atom. The van der Waals surface area contributed by atoms with Crippen LogP contribution in [0, 0.1) is 5.92 Å². The van der Waals surface area contributed by atoms with Gasteiger partial charge in [0, 0.05) is 19.1 Å². The van der Waals surface area contributed by atoms with Crippen molar-refractivity contribution in [2.45, 2.75) is 25.4 Å². The van der Waals surface area contributed by atoms with Crippen LogP contribution < -0.4 is 14.8 Å². The Morgan fingerprint density at radius 2 is 2.14 bits per heavy atom. The summed E-state index contributed by atoms with van der Waals surface area (Å²) in [6.45, 7) is 4.32. The second-order valence-electron chi connectivity index (χ2n) is 5.91. The SMILES string of the molecule is COc1ccc(CN2CCC3NCCC3C2)c(Cl)c1OC. The number of methoxy groups -OCH3 is 2. The number of fused-ring (bicyclic) bond motifs is 1. The molecule has 0 radical (unpaired) electrons. The van der Waals surface area contributed by atoms with Gasteiger partial charge in [-0.05, 0) is 43.5 Å². The lowest BCUT2D eigenvalue weighted by Crippen LogP contribution is -2.43. The molecule has 3 rings (SSSR count). The van der Waals surface area contributed by atoms with Crippen molar-refractivity contribution in [2.75, 3.05) is 33.9 Å². The van der Waals surface area contributed by atoms with Gasteiger partial charge < -0.3 is 14.8 Å². The number of ether oxygens (including phenoxy) is 2. The van der Waals surface area contributed by atoms with Gasteiger partial charge in [0.05, 0.1) is 19.2 Å². The number of nitrogens with one attached hydrogen (secondary N) is 1. The molecular weight excluding hydrogens is 288 g/mol. The summed E-state index contributed by atoms with van der Waals surface area (Å²) in [7, 11) is 3.26. The minimum absolute atomic E-state index is 0.633. The number of hydrogen-bond donors (Lipinski definition) is 1. The van der Waals surface area contributed by atoms with Gasteiger partial charge in [-0.3, -0.25) is 4.90 Å². The summed E-state index contributed by atoms with van der Waals surface area (Å²) >= 11 is 6.48. The van der Waals surface area contributed by atoms with Crippen molar-refractivity contribution in [3.63, 3.8) is 0 Å². The van der Waals surface area contributed by atoms with Gasteiger partial charge in [-0.15, -0.1) is 0 Å². The fourth-order valence-electron chi connectivity index (χ4n) is 3.56. The first-order chi connectivity index (χ1) is 10.2. The monoisotopic (exact) mass is 310 g/mol. The highest BCUT2D eigenvalue weighted by atomic mass is 35.5. The van der Waals surface area contributed by atoms with Crippen LogP contribution in [-0.2, 0) is 6.54 Å². The number of benzene rings is 1. The Morgan fingerprint density at radius 1 is 1.29 bits per heavy atom. The summed E-state index contributed by atoms with van der Waals surface area (Å²) < 4.78 is 10.7. The average Bonchev–Trinajstić information content (AvgIpc) is 2.96. The van der Waals surface area contributed by atoms with E-state index >= 15 is 0 Å². The molecule has 1 aromatic carbocycles. The van der Waals surface area contributed by atoms with E-state index < -0.39 is 0 Å². The molecule has 0 amide bonds. The number of rotatable bonds is 4. The highest BCUT2D eigenvalue weighted by Crippen LogP contribution is 2.38. The van der Waals surface area contributed by atoms with Gasteiger partial charge in [-0.1, -0.05) is 17.7 Å². The molecule has 2 aliphatic heterocycles. The normalized spacial score (nSPS) is 25.7. The van der Waals surface area contributed by atoms with Crippen molar-refractivity contribution in [1.29, 1.82) is 0 Å².